The molecule has 1 fully saturated rings. The van der Waals surface area contributed by atoms with Gasteiger partial charge in [-0.05, 0) is 25.0 Å². The van der Waals surface area contributed by atoms with E-state index >= 15 is 0 Å². The minimum atomic E-state index is -0.350. The number of nitrogens with one attached hydrogen (secondary N) is 1. The van der Waals surface area contributed by atoms with E-state index in [9.17, 15) is 14.4 Å². The lowest BCUT2D eigenvalue weighted by atomic mass is 10.1. The van der Waals surface area contributed by atoms with E-state index in [4.69, 9.17) is 4.74 Å². The monoisotopic (exact) mass is 345 g/mol. The van der Waals surface area contributed by atoms with Gasteiger partial charge in [0.2, 0.25) is 11.8 Å². The van der Waals surface area contributed by atoms with Crippen molar-refractivity contribution in [3.63, 3.8) is 0 Å². The van der Waals surface area contributed by atoms with Crippen LogP contribution in [0.2, 0.25) is 0 Å². The quantitative estimate of drug-likeness (QED) is 0.816. The summed E-state index contributed by atoms with van der Waals surface area (Å²) in [5.41, 5.74) is 1.32. The molecule has 7 nitrogen and oxygen atoms in total. The number of ether oxygens (including phenoxy) is 1. The highest BCUT2D eigenvalue weighted by Crippen LogP contribution is 2.29. The molecular formula is C18H23N3O4. The van der Waals surface area contributed by atoms with Crippen molar-refractivity contribution in [3.8, 4) is 0 Å². The van der Waals surface area contributed by atoms with Gasteiger partial charge in [0, 0.05) is 6.04 Å². The second-order valence-corrected chi connectivity index (χ2v) is 6.46. The van der Waals surface area contributed by atoms with Gasteiger partial charge in [-0.25, -0.2) is 0 Å². The van der Waals surface area contributed by atoms with E-state index in [-0.39, 0.29) is 43.5 Å². The lowest BCUT2D eigenvalue weighted by molar-refractivity contribution is -0.143. The van der Waals surface area contributed by atoms with Crippen LogP contribution in [0.3, 0.4) is 0 Å². The van der Waals surface area contributed by atoms with Crippen molar-refractivity contribution in [1.29, 1.82) is 0 Å². The molecule has 134 valence electrons. The summed E-state index contributed by atoms with van der Waals surface area (Å²) in [6, 6.07) is 7.44. The third-order valence-corrected chi connectivity index (χ3v) is 4.81. The summed E-state index contributed by atoms with van der Waals surface area (Å²) in [7, 11) is 1.35. The van der Waals surface area contributed by atoms with Gasteiger partial charge >= 0.3 is 5.97 Å². The molecule has 0 atom stereocenters. The second-order valence-electron chi connectivity index (χ2n) is 6.46. The molecular weight excluding hydrogens is 322 g/mol. The van der Waals surface area contributed by atoms with Crippen LogP contribution in [0, 0.1) is 0 Å². The summed E-state index contributed by atoms with van der Waals surface area (Å²) in [6.07, 6.45) is 4.15. The van der Waals surface area contributed by atoms with E-state index in [1.807, 2.05) is 23.1 Å². The number of carbonyl (C=O) groups is 3. The number of methoxy groups -OCH3 is 1. The number of rotatable bonds is 5. The molecule has 0 bridgehead atoms. The molecule has 0 saturated heterocycles. The Labute approximate surface area is 146 Å². The predicted molar refractivity (Wildman–Crippen MR) is 93.3 cm³/mol. The van der Waals surface area contributed by atoms with Crippen LogP contribution >= 0.6 is 0 Å². The Kier molecular flexibility index (Phi) is 5.33. The number of amides is 2. The molecule has 2 aliphatic rings. The van der Waals surface area contributed by atoms with E-state index in [0.29, 0.717) is 11.4 Å². The summed E-state index contributed by atoms with van der Waals surface area (Å²) < 4.78 is 4.77. The van der Waals surface area contributed by atoms with Gasteiger partial charge in [0.1, 0.15) is 6.54 Å². The van der Waals surface area contributed by atoms with Crippen LogP contribution in [0.5, 0.6) is 0 Å². The average molecular weight is 345 g/mol. The third kappa shape index (κ3) is 3.99. The van der Waals surface area contributed by atoms with E-state index in [1.165, 1.54) is 12.0 Å². The molecule has 0 aromatic heterocycles. The van der Waals surface area contributed by atoms with Gasteiger partial charge in [0.05, 0.1) is 31.6 Å². The van der Waals surface area contributed by atoms with Gasteiger partial charge in [-0.2, -0.15) is 0 Å². The summed E-state index contributed by atoms with van der Waals surface area (Å²) in [5, 5.41) is 2.77. The maximum atomic E-state index is 12.9. The second kappa shape index (κ2) is 7.65. The Morgan fingerprint density at radius 3 is 2.68 bits per heavy atom. The fourth-order valence-corrected chi connectivity index (χ4v) is 3.53. The zero-order valence-electron chi connectivity index (χ0n) is 14.4. The van der Waals surface area contributed by atoms with E-state index in [0.717, 1.165) is 25.7 Å². The maximum absolute atomic E-state index is 12.9. The van der Waals surface area contributed by atoms with Crippen molar-refractivity contribution in [2.45, 2.75) is 31.7 Å². The number of hydrogen-bond acceptors (Lipinski definition) is 5. The van der Waals surface area contributed by atoms with Crippen LogP contribution in [0.4, 0.5) is 11.4 Å². The highest BCUT2D eigenvalue weighted by molar-refractivity contribution is 6.10. The van der Waals surface area contributed by atoms with Gasteiger partial charge in [-0.1, -0.05) is 25.0 Å². The summed E-state index contributed by atoms with van der Waals surface area (Å²) >= 11 is 0. The number of anilines is 2. The molecule has 0 spiro atoms. The summed E-state index contributed by atoms with van der Waals surface area (Å²) in [6.45, 7) is 0.183. The topological polar surface area (TPSA) is 79.0 Å². The lowest BCUT2D eigenvalue weighted by Gasteiger charge is -2.33. The van der Waals surface area contributed by atoms with Crippen LogP contribution < -0.4 is 10.2 Å². The van der Waals surface area contributed by atoms with Crippen LogP contribution in [0.15, 0.2) is 24.3 Å². The van der Waals surface area contributed by atoms with Gasteiger partial charge < -0.3 is 10.1 Å². The predicted octanol–water partition coefficient (Wildman–Crippen LogP) is 1.39. The molecule has 0 radical (unpaired) electrons. The number of para-hydroxylation sites is 2. The molecule has 25 heavy (non-hydrogen) atoms. The molecule has 1 saturated carbocycles. The van der Waals surface area contributed by atoms with Crippen LogP contribution in [-0.4, -0.2) is 55.5 Å². The largest absolute Gasteiger partial charge is 0.468 e. The molecule has 3 rings (SSSR count). The first-order chi connectivity index (χ1) is 12.1. The summed E-state index contributed by atoms with van der Waals surface area (Å²) in [4.78, 5) is 39.9. The number of esters is 1. The Bertz CT molecular complexity index is 670. The van der Waals surface area contributed by atoms with Crippen molar-refractivity contribution in [3.05, 3.63) is 24.3 Å². The number of fused-ring (bicyclic) bond motifs is 1. The Morgan fingerprint density at radius 1 is 1.24 bits per heavy atom. The molecule has 2 amide bonds. The molecule has 1 heterocycles. The molecule has 0 unspecified atom stereocenters. The first-order valence-electron chi connectivity index (χ1n) is 8.58. The highest BCUT2D eigenvalue weighted by atomic mass is 16.5. The van der Waals surface area contributed by atoms with Crippen molar-refractivity contribution in [1.82, 2.24) is 4.90 Å². The van der Waals surface area contributed by atoms with E-state index in [1.54, 1.807) is 6.07 Å². The maximum Gasteiger partial charge on any atom is 0.319 e. The summed E-state index contributed by atoms with van der Waals surface area (Å²) in [5.74, 6) is -0.748. The number of nitrogens with zero attached hydrogens (tertiary/aromatic N) is 2. The molecule has 1 aromatic rings. The van der Waals surface area contributed by atoms with Crippen molar-refractivity contribution < 1.29 is 19.1 Å². The van der Waals surface area contributed by atoms with E-state index in [2.05, 4.69) is 5.32 Å². The number of hydrogen-bond donors (Lipinski definition) is 1. The molecule has 1 aliphatic heterocycles. The molecule has 1 aromatic carbocycles. The SMILES string of the molecule is COC(=O)CN(CC(=O)N1CC(=O)Nc2ccccc21)C1CCCC1. The van der Waals surface area contributed by atoms with Gasteiger partial charge in [0.25, 0.3) is 0 Å². The van der Waals surface area contributed by atoms with Crippen molar-refractivity contribution >= 4 is 29.2 Å². The Hall–Kier alpha value is -2.41. The first-order valence-corrected chi connectivity index (χ1v) is 8.58. The molecule has 1 N–H and O–H groups in total. The van der Waals surface area contributed by atoms with Crippen molar-refractivity contribution in [2.24, 2.45) is 0 Å². The average Bonchev–Trinajstić information content (AvgIpc) is 3.14. The van der Waals surface area contributed by atoms with Gasteiger partial charge in [0.15, 0.2) is 0 Å². The van der Waals surface area contributed by atoms with Gasteiger partial charge in [-0.3, -0.25) is 24.2 Å². The van der Waals surface area contributed by atoms with Crippen LogP contribution in [0.25, 0.3) is 0 Å². The highest BCUT2D eigenvalue weighted by Gasteiger charge is 2.31. The number of benzene rings is 1. The van der Waals surface area contributed by atoms with Gasteiger partial charge in [-0.15, -0.1) is 0 Å². The zero-order valence-corrected chi connectivity index (χ0v) is 14.4. The fourth-order valence-electron chi connectivity index (χ4n) is 3.53. The Balaban J connectivity index is 1.76. The van der Waals surface area contributed by atoms with Crippen LogP contribution in [-0.2, 0) is 19.1 Å². The lowest BCUT2D eigenvalue weighted by Crippen LogP contribution is -2.49. The number of carbonyl (C=O) groups excluding carboxylic acids is 3. The zero-order chi connectivity index (χ0) is 17.8. The Morgan fingerprint density at radius 2 is 1.96 bits per heavy atom. The minimum absolute atomic E-state index is 0.00736. The first kappa shape index (κ1) is 17.4. The standard InChI is InChI=1S/C18H23N3O4/c1-25-18(24)12-20(13-6-2-3-7-13)11-17(23)21-10-16(22)19-14-8-4-5-9-15(14)21/h4-5,8-9,13H,2-3,6-7,10-12H2,1H3,(H,19,22). The smallest absolute Gasteiger partial charge is 0.319 e. The molecule has 7 heteroatoms. The van der Waals surface area contributed by atoms with Crippen molar-refractivity contribution in [2.75, 3.05) is 37.0 Å². The van der Waals surface area contributed by atoms with Crippen LogP contribution in [0.1, 0.15) is 25.7 Å². The minimum Gasteiger partial charge on any atom is -0.468 e. The molecule has 1 aliphatic carbocycles. The fraction of sp³-hybridized carbons (Fsp3) is 0.500. The third-order valence-electron chi connectivity index (χ3n) is 4.81. The van der Waals surface area contributed by atoms with E-state index < -0.39 is 0 Å². The normalized spacial score (nSPS) is 17.4.